The molecule has 0 heterocycles. The summed E-state index contributed by atoms with van der Waals surface area (Å²) in [4.78, 5) is 48.6. The van der Waals surface area contributed by atoms with Crippen LogP contribution in [0.5, 0.6) is 0 Å². The van der Waals surface area contributed by atoms with Gasteiger partial charge in [0.15, 0.2) is 0 Å². The fourth-order valence-corrected chi connectivity index (χ4v) is 2.91. The molecule has 4 unspecified atom stereocenters. The molecule has 3 amide bonds. The lowest BCUT2D eigenvalue weighted by molar-refractivity contribution is -0.142. The lowest BCUT2D eigenvalue weighted by atomic mass is 10.0. The van der Waals surface area contributed by atoms with Crippen molar-refractivity contribution in [3.8, 4) is 0 Å². The molecule has 29 heavy (non-hydrogen) atoms. The molecule has 0 aromatic heterocycles. The molecule has 4 atom stereocenters. The second kappa shape index (κ2) is 13.4. The van der Waals surface area contributed by atoms with Gasteiger partial charge in [-0.2, -0.15) is 11.8 Å². The third-order valence-electron chi connectivity index (χ3n) is 4.34. The van der Waals surface area contributed by atoms with Crippen molar-refractivity contribution in [1.29, 1.82) is 0 Å². The van der Waals surface area contributed by atoms with Gasteiger partial charge < -0.3 is 26.8 Å². The quantitative estimate of drug-likeness (QED) is 0.281. The Bertz CT molecular complexity index is 571. The Balaban J connectivity index is 5.08. The van der Waals surface area contributed by atoms with Crippen molar-refractivity contribution < 1.29 is 24.3 Å². The standard InChI is InChI=1S/C19H36N4O5S/c1-10(2)9-14(17(25)22-13(19(27)28)7-8-29-6)23-16(24)12(5)21-18(26)15(20)11(3)4/h10-15H,7-9,20H2,1-6H3,(H,21,26)(H,22,25)(H,23,24)(H,27,28). The van der Waals surface area contributed by atoms with Crippen LogP contribution in [0.3, 0.4) is 0 Å². The molecular weight excluding hydrogens is 396 g/mol. The number of aliphatic carboxylic acids is 1. The number of carbonyl (C=O) groups is 4. The molecule has 9 nitrogen and oxygen atoms in total. The number of hydrogen-bond donors (Lipinski definition) is 5. The summed E-state index contributed by atoms with van der Waals surface area (Å²) in [6, 6.07) is -3.56. The highest BCUT2D eigenvalue weighted by Crippen LogP contribution is 2.08. The number of hydrogen-bond acceptors (Lipinski definition) is 6. The highest BCUT2D eigenvalue weighted by molar-refractivity contribution is 7.98. The van der Waals surface area contributed by atoms with Crippen molar-refractivity contribution in [1.82, 2.24) is 16.0 Å². The average Bonchev–Trinajstić information content (AvgIpc) is 2.62. The van der Waals surface area contributed by atoms with E-state index in [2.05, 4.69) is 16.0 Å². The maximum Gasteiger partial charge on any atom is 0.326 e. The SMILES string of the molecule is CSCCC(NC(=O)C(CC(C)C)NC(=O)C(C)NC(=O)C(N)C(C)C)C(=O)O. The van der Waals surface area contributed by atoms with E-state index < -0.39 is 47.9 Å². The van der Waals surface area contributed by atoms with Crippen LogP contribution < -0.4 is 21.7 Å². The van der Waals surface area contributed by atoms with Gasteiger partial charge in [-0.1, -0.05) is 27.7 Å². The number of carboxylic acids is 1. The van der Waals surface area contributed by atoms with E-state index in [4.69, 9.17) is 5.73 Å². The van der Waals surface area contributed by atoms with Gasteiger partial charge in [-0.05, 0) is 43.6 Å². The van der Waals surface area contributed by atoms with Crippen LogP contribution in [0.25, 0.3) is 0 Å². The van der Waals surface area contributed by atoms with Crippen LogP contribution >= 0.6 is 11.8 Å². The molecule has 0 aliphatic carbocycles. The first kappa shape index (κ1) is 27.2. The van der Waals surface area contributed by atoms with Crippen LogP contribution in [0.2, 0.25) is 0 Å². The Kier molecular flexibility index (Phi) is 12.6. The van der Waals surface area contributed by atoms with Gasteiger partial charge >= 0.3 is 5.97 Å². The molecule has 0 spiro atoms. The molecular formula is C19H36N4O5S. The molecule has 0 saturated carbocycles. The Morgan fingerprint density at radius 3 is 1.90 bits per heavy atom. The van der Waals surface area contributed by atoms with Crippen LogP contribution in [0.15, 0.2) is 0 Å². The topological polar surface area (TPSA) is 151 Å². The third-order valence-corrected chi connectivity index (χ3v) is 4.98. The van der Waals surface area contributed by atoms with E-state index in [0.717, 1.165) is 0 Å². The van der Waals surface area contributed by atoms with E-state index in [1.807, 2.05) is 20.1 Å². The zero-order valence-corrected chi connectivity index (χ0v) is 19.0. The normalized spacial score (nSPS) is 15.3. The molecule has 0 aromatic carbocycles. The predicted octanol–water partition coefficient (Wildman–Crippen LogP) is 0.328. The van der Waals surface area contributed by atoms with Gasteiger partial charge in [-0.3, -0.25) is 14.4 Å². The minimum atomic E-state index is -1.12. The van der Waals surface area contributed by atoms with Gasteiger partial charge in [0.1, 0.15) is 18.1 Å². The highest BCUT2D eigenvalue weighted by Gasteiger charge is 2.29. The number of nitrogens with one attached hydrogen (secondary N) is 3. The molecule has 168 valence electrons. The maximum absolute atomic E-state index is 12.6. The van der Waals surface area contributed by atoms with Crippen molar-refractivity contribution >= 4 is 35.5 Å². The fourth-order valence-electron chi connectivity index (χ4n) is 2.44. The summed E-state index contributed by atoms with van der Waals surface area (Å²) in [6.07, 6.45) is 2.46. The van der Waals surface area contributed by atoms with E-state index in [0.29, 0.717) is 12.2 Å². The first-order chi connectivity index (χ1) is 13.4. The molecule has 0 rings (SSSR count). The number of carbonyl (C=O) groups excluding carboxylic acids is 3. The zero-order valence-electron chi connectivity index (χ0n) is 18.2. The molecule has 0 saturated heterocycles. The second-order valence-corrected chi connectivity index (χ2v) is 8.86. The van der Waals surface area contributed by atoms with Crippen molar-refractivity contribution in [3.05, 3.63) is 0 Å². The lowest BCUT2D eigenvalue weighted by Crippen LogP contribution is -2.57. The van der Waals surface area contributed by atoms with E-state index >= 15 is 0 Å². The fraction of sp³-hybridized carbons (Fsp3) is 0.789. The zero-order chi connectivity index (χ0) is 22.7. The Labute approximate surface area is 177 Å². The minimum Gasteiger partial charge on any atom is -0.480 e. The highest BCUT2D eigenvalue weighted by atomic mass is 32.2. The van der Waals surface area contributed by atoms with Crippen molar-refractivity contribution in [2.75, 3.05) is 12.0 Å². The van der Waals surface area contributed by atoms with Crippen molar-refractivity contribution in [2.24, 2.45) is 17.6 Å². The number of carboxylic acid groups (broad SMARTS) is 1. The van der Waals surface area contributed by atoms with Crippen molar-refractivity contribution in [3.63, 3.8) is 0 Å². The van der Waals surface area contributed by atoms with Crippen LogP contribution in [0.4, 0.5) is 0 Å². The first-order valence-corrected chi connectivity index (χ1v) is 11.2. The number of rotatable bonds is 13. The second-order valence-electron chi connectivity index (χ2n) is 7.87. The summed E-state index contributed by atoms with van der Waals surface area (Å²) >= 11 is 1.48. The summed E-state index contributed by atoms with van der Waals surface area (Å²) < 4.78 is 0. The summed E-state index contributed by atoms with van der Waals surface area (Å²) in [6.45, 7) is 8.88. The van der Waals surface area contributed by atoms with Crippen LogP contribution in [0.1, 0.15) is 47.5 Å². The molecule has 0 aliphatic rings. The number of nitrogens with two attached hydrogens (primary N) is 1. The summed E-state index contributed by atoms with van der Waals surface area (Å²) in [5, 5.41) is 17.0. The Morgan fingerprint density at radius 2 is 1.45 bits per heavy atom. The molecule has 6 N–H and O–H groups in total. The lowest BCUT2D eigenvalue weighted by Gasteiger charge is -2.25. The van der Waals surface area contributed by atoms with Crippen LogP contribution in [0, 0.1) is 11.8 Å². The third kappa shape index (κ3) is 10.5. The Morgan fingerprint density at radius 1 is 0.897 bits per heavy atom. The van der Waals surface area contributed by atoms with E-state index in [1.165, 1.54) is 18.7 Å². The van der Waals surface area contributed by atoms with Gasteiger partial charge in [-0.25, -0.2) is 4.79 Å². The van der Waals surface area contributed by atoms with Crippen LogP contribution in [-0.2, 0) is 19.2 Å². The minimum absolute atomic E-state index is 0.0831. The van der Waals surface area contributed by atoms with Crippen LogP contribution in [-0.4, -0.2) is 65.0 Å². The number of thioether (sulfide) groups is 1. The monoisotopic (exact) mass is 432 g/mol. The maximum atomic E-state index is 12.6. The van der Waals surface area contributed by atoms with E-state index in [1.54, 1.807) is 13.8 Å². The summed E-state index contributed by atoms with van der Waals surface area (Å²) in [7, 11) is 0. The Hall–Kier alpha value is -1.81. The molecule has 0 aliphatic heterocycles. The molecule has 0 aromatic rings. The van der Waals surface area contributed by atoms with Gasteiger partial charge in [0.2, 0.25) is 17.7 Å². The molecule has 0 bridgehead atoms. The van der Waals surface area contributed by atoms with Crippen molar-refractivity contribution in [2.45, 2.75) is 71.6 Å². The molecule has 0 fully saturated rings. The number of amides is 3. The smallest absolute Gasteiger partial charge is 0.326 e. The average molecular weight is 433 g/mol. The summed E-state index contributed by atoms with van der Waals surface area (Å²) in [5.41, 5.74) is 5.78. The first-order valence-electron chi connectivity index (χ1n) is 9.79. The van der Waals surface area contributed by atoms with Gasteiger partial charge in [0.05, 0.1) is 6.04 Å². The van der Waals surface area contributed by atoms with E-state index in [-0.39, 0.29) is 18.3 Å². The van der Waals surface area contributed by atoms with Gasteiger partial charge in [-0.15, -0.1) is 0 Å². The van der Waals surface area contributed by atoms with Gasteiger partial charge in [0.25, 0.3) is 0 Å². The molecule has 0 radical (unpaired) electrons. The molecule has 10 heteroatoms. The van der Waals surface area contributed by atoms with E-state index in [9.17, 15) is 24.3 Å². The largest absolute Gasteiger partial charge is 0.480 e. The van der Waals surface area contributed by atoms with Gasteiger partial charge in [0, 0.05) is 0 Å². The predicted molar refractivity (Wildman–Crippen MR) is 114 cm³/mol. The summed E-state index contributed by atoms with van der Waals surface area (Å²) in [5.74, 6) is -2.08.